The van der Waals surface area contributed by atoms with Crippen LogP contribution in [0.1, 0.15) is 31.9 Å². The molecule has 0 aliphatic carbocycles. The van der Waals surface area contributed by atoms with E-state index in [0.717, 1.165) is 45.2 Å². The average Bonchev–Trinajstić information content (AvgIpc) is 2.62. The minimum atomic E-state index is 0.533. The van der Waals surface area contributed by atoms with Crippen molar-refractivity contribution in [2.24, 2.45) is 10.9 Å². The normalized spacial score (nSPS) is 18.2. The lowest BCUT2D eigenvalue weighted by atomic mass is 10.0. The zero-order chi connectivity index (χ0) is 18.9. The molecule has 5 nitrogen and oxygen atoms in total. The second-order valence-corrected chi connectivity index (χ2v) is 7.65. The van der Waals surface area contributed by atoms with Crippen LogP contribution in [0.4, 0.5) is 0 Å². The van der Waals surface area contributed by atoms with Gasteiger partial charge in [0.1, 0.15) is 0 Å². The first-order chi connectivity index (χ1) is 12.5. The second kappa shape index (κ2) is 10.5. The van der Waals surface area contributed by atoms with Gasteiger partial charge in [-0.15, -0.1) is 0 Å². The quantitative estimate of drug-likeness (QED) is 0.579. The maximum atomic E-state index is 4.80. The number of piperazine rings is 1. The van der Waals surface area contributed by atoms with E-state index in [1.54, 1.807) is 0 Å². The predicted octanol–water partition coefficient (Wildman–Crippen LogP) is 2.32. The van der Waals surface area contributed by atoms with Crippen molar-refractivity contribution < 1.29 is 0 Å². The summed E-state index contributed by atoms with van der Waals surface area (Å²) in [6, 6.07) is 9.00. The highest BCUT2D eigenvalue weighted by Crippen LogP contribution is 2.13. The van der Waals surface area contributed by atoms with Gasteiger partial charge in [-0.05, 0) is 37.9 Å². The molecular weight excluding hydrogens is 322 g/mol. The molecule has 1 unspecified atom stereocenters. The molecule has 1 heterocycles. The Labute approximate surface area is 159 Å². The summed E-state index contributed by atoms with van der Waals surface area (Å²) in [4.78, 5) is 9.84. The van der Waals surface area contributed by atoms with Crippen LogP contribution in [-0.2, 0) is 6.54 Å². The zero-order valence-electron chi connectivity index (χ0n) is 17.3. The molecule has 1 fully saturated rings. The van der Waals surface area contributed by atoms with Crippen LogP contribution in [0.2, 0.25) is 0 Å². The minimum Gasteiger partial charge on any atom is -0.357 e. The van der Waals surface area contributed by atoms with Crippen molar-refractivity contribution >= 4 is 5.96 Å². The molecule has 2 rings (SSSR count). The average molecular weight is 360 g/mol. The molecule has 1 saturated heterocycles. The first-order valence-electron chi connectivity index (χ1n) is 10.0. The lowest BCUT2D eigenvalue weighted by molar-refractivity contribution is 0.0900. The highest BCUT2D eigenvalue weighted by molar-refractivity contribution is 5.79. The molecule has 2 N–H and O–H groups in total. The zero-order valence-corrected chi connectivity index (χ0v) is 17.3. The Morgan fingerprint density at radius 2 is 1.81 bits per heavy atom. The van der Waals surface area contributed by atoms with Crippen molar-refractivity contribution in [2.75, 3.05) is 46.3 Å². The standard InChI is InChI=1S/C21H37N5/c1-6-22-21(23-15-19-10-8-7-9-18(19)4)24-16-20(17(2)3)26-13-11-25(5)12-14-26/h7-10,17,20H,6,11-16H2,1-5H3,(H2,22,23,24). The summed E-state index contributed by atoms with van der Waals surface area (Å²) in [6.07, 6.45) is 0. The van der Waals surface area contributed by atoms with E-state index < -0.39 is 0 Å². The van der Waals surface area contributed by atoms with E-state index in [0.29, 0.717) is 18.5 Å². The van der Waals surface area contributed by atoms with Crippen LogP contribution in [0.5, 0.6) is 0 Å². The highest BCUT2D eigenvalue weighted by atomic mass is 15.3. The van der Waals surface area contributed by atoms with Gasteiger partial charge in [-0.1, -0.05) is 38.1 Å². The van der Waals surface area contributed by atoms with Gasteiger partial charge < -0.3 is 15.5 Å². The Bertz CT molecular complexity index is 561. The van der Waals surface area contributed by atoms with Crippen LogP contribution >= 0.6 is 0 Å². The molecule has 1 aromatic carbocycles. The number of nitrogens with one attached hydrogen (secondary N) is 2. The van der Waals surface area contributed by atoms with Crippen molar-refractivity contribution in [1.29, 1.82) is 0 Å². The summed E-state index contributed by atoms with van der Waals surface area (Å²) in [5, 5.41) is 6.97. The van der Waals surface area contributed by atoms with Gasteiger partial charge in [-0.25, -0.2) is 4.99 Å². The van der Waals surface area contributed by atoms with Crippen molar-refractivity contribution in [3.63, 3.8) is 0 Å². The van der Waals surface area contributed by atoms with Crippen molar-refractivity contribution in [3.8, 4) is 0 Å². The molecule has 0 spiro atoms. The van der Waals surface area contributed by atoms with E-state index in [4.69, 9.17) is 4.99 Å². The van der Waals surface area contributed by atoms with Crippen LogP contribution in [0.3, 0.4) is 0 Å². The SMILES string of the molecule is CCNC(=NCc1ccccc1C)NCC(C(C)C)N1CCN(C)CC1. The van der Waals surface area contributed by atoms with Gasteiger partial charge in [0.25, 0.3) is 0 Å². The number of aryl methyl sites for hydroxylation is 1. The van der Waals surface area contributed by atoms with E-state index in [1.165, 1.54) is 11.1 Å². The summed E-state index contributed by atoms with van der Waals surface area (Å²) >= 11 is 0. The topological polar surface area (TPSA) is 42.9 Å². The number of hydrogen-bond acceptors (Lipinski definition) is 3. The van der Waals surface area contributed by atoms with Crippen molar-refractivity contribution in [3.05, 3.63) is 35.4 Å². The molecule has 0 radical (unpaired) electrons. The van der Waals surface area contributed by atoms with Gasteiger partial charge in [-0.3, -0.25) is 4.90 Å². The summed E-state index contributed by atoms with van der Waals surface area (Å²) in [5.74, 6) is 1.53. The Kier molecular flexibility index (Phi) is 8.39. The van der Waals surface area contributed by atoms with E-state index in [-0.39, 0.29) is 0 Å². The molecule has 26 heavy (non-hydrogen) atoms. The summed E-state index contributed by atoms with van der Waals surface area (Å²) in [5.41, 5.74) is 2.58. The summed E-state index contributed by atoms with van der Waals surface area (Å²) < 4.78 is 0. The lowest BCUT2D eigenvalue weighted by Gasteiger charge is -2.40. The number of benzene rings is 1. The Morgan fingerprint density at radius 1 is 1.12 bits per heavy atom. The molecule has 0 saturated carbocycles. The van der Waals surface area contributed by atoms with Crippen molar-refractivity contribution in [1.82, 2.24) is 20.4 Å². The third kappa shape index (κ3) is 6.29. The molecule has 1 aliphatic heterocycles. The molecule has 1 aliphatic rings. The number of hydrogen-bond donors (Lipinski definition) is 2. The van der Waals surface area contributed by atoms with Crippen molar-refractivity contribution in [2.45, 2.75) is 40.3 Å². The fourth-order valence-corrected chi connectivity index (χ4v) is 3.43. The Balaban J connectivity index is 1.96. The predicted molar refractivity (Wildman–Crippen MR) is 112 cm³/mol. The highest BCUT2D eigenvalue weighted by Gasteiger charge is 2.25. The Hall–Kier alpha value is -1.59. The van der Waals surface area contributed by atoms with E-state index in [1.807, 2.05) is 0 Å². The smallest absolute Gasteiger partial charge is 0.191 e. The summed E-state index contributed by atoms with van der Waals surface area (Å²) in [7, 11) is 2.21. The molecule has 146 valence electrons. The largest absolute Gasteiger partial charge is 0.357 e. The molecule has 0 bridgehead atoms. The van der Waals surface area contributed by atoms with Gasteiger partial charge in [0.05, 0.1) is 6.54 Å². The van der Waals surface area contributed by atoms with E-state index in [9.17, 15) is 0 Å². The number of nitrogens with zero attached hydrogens (tertiary/aromatic N) is 3. The molecule has 5 heteroatoms. The summed E-state index contributed by atoms with van der Waals surface area (Å²) in [6.45, 7) is 16.0. The number of rotatable bonds is 7. The fraction of sp³-hybridized carbons (Fsp3) is 0.667. The van der Waals surface area contributed by atoms with Gasteiger partial charge in [-0.2, -0.15) is 0 Å². The molecule has 1 aromatic rings. The van der Waals surface area contributed by atoms with E-state index >= 15 is 0 Å². The van der Waals surface area contributed by atoms with Crippen LogP contribution in [0.15, 0.2) is 29.3 Å². The van der Waals surface area contributed by atoms with Crippen LogP contribution in [-0.4, -0.2) is 68.1 Å². The van der Waals surface area contributed by atoms with Crippen LogP contribution < -0.4 is 10.6 Å². The molecule has 1 atom stereocenters. The Morgan fingerprint density at radius 3 is 2.42 bits per heavy atom. The molecular formula is C21H37N5. The van der Waals surface area contributed by atoms with E-state index in [2.05, 4.69) is 79.4 Å². The maximum Gasteiger partial charge on any atom is 0.191 e. The van der Waals surface area contributed by atoms with Gasteiger partial charge >= 0.3 is 0 Å². The lowest BCUT2D eigenvalue weighted by Crippen LogP contribution is -2.55. The minimum absolute atomic E-state index is 0.533. The molecule has 0 amide bonds. The third-order valence-corrected chi connectivity index (χ3v) is 5.27. The third-order valence-electron chi connectivity index (χ3n) is 5.27. The van der Waals surface area contributed by atoms with Crippen LogP contribution in [0.25, 0.3) is 0 Å². The first kappa shape index (κ1) is 20.7. The second-order valence-electron chi connectivity index (χ2n) is 7.65. The van der Waals surface area contributed by atoms with Gasteiger partial charge in [0.15, 0.2) is 5.96 Å². The number of likely N-dealkylation sites (N-methyl/N-ethyl adjacent to an activating group) is 1. The number of guanidine groups is 1. The monoisotopic (exact) mass is 359 g/mol. The molecule has 0 aromatic heterocycles. The van der Waals surface area contributed by atoms with Crippen LogP contribution in [0, 0.1) is 12.8 Å². The maximum absolute atomic E-state index is 4.80. The first-order valence-corrected chi connectivity index (χ1v) is 10.0. The fourth-order valence-electron chi connectivity index (χ4n) is 3.43. The van der Waals surface area contributed by atoms with Gasteiger partial charge in [0, 0.05) is 45.3 Å². The van der Waals surface area contributed by atoms with Gasteiger partial charge in [0.2, 0.25) is 0 Å². The number of aliphatic imine (C=N–C) groups is 1.